The highest BCUT2D eigenvalue weighted by molar-refractivity contribution is 5.71. The first-order chi connectivity index (χ1) is 7.85. The van der Waals surface area contributed by atoms with Crippen molar-refractivity contribution in [2.24, 2.45) is 11.3 Å². The second kappa shape index (κ2) is 5.38. The van der Waals surface area contributed by atoms with Crippen molar-refractivity contribution in [3.63, 3.8) is 0 Å². The van der Waals surface area contributed by atoms with Gasteiger partial charge in [-0.15, -0.1) is 0 Å². The van der Waals surface area contributed by atoms with Crippen LogP contribution in [0.5, 0.6) is 0 Å². The molecule has 1 N–H and O–H groups in total. The maximum absolute atomic E-state index is 11.7. The molecule has 0 aromatic heterocycles. The zero-order valence-electron chi connectivity index (χ0n) is 11.9. The molecule has 3 nitrogen and oxygen atoms in total. The van der Waals surface area contributed by atoms with Crippen molar-refractivity contribution in [2.45, 2.75) is 58.9 Å². The van der Waals surface area contributed by atoms with Crippen molar-refractivity contribution >= 4 is 5.97 Å². The highest BCUT2D eigenvalue weighted by atomic mass is 16.5. The molecule has 1 aliphatic rings. The molecule has 1 rings (SSSR count). The number of hydrogen-bond donors (Lipinski definition) is 1. The van der Waals surface area contributed by atoms with Crippen LogP contribution < -0.4 is 5.32 Å². The van der Waals surface area contributed by atoms with E-state index in [2.05, 4.69) is 26.1 Å². The Balaban J connectivity index is 2.72. The van der Waals surface area contributed by atoms with E-state index in [4.69, 9.17) is 4.74 Å². The lowest BCUT2D eigenvalue weighted by Crippen LogP contribution is -2.54. The summed E-state index contributed by atoms with van der Waals surface area (Å²) in [5.41, 5.74) is 0.330. The summed E-state index contributed by atoms with van der Waals surface area (Å²) in [5, 5.41) is 3.39. The third-order valence-electron chi connectivity index (χ3n) is 4.31. The molecule has 0 heterocycles. The molecule has 0 aromatic carbocycles. The van der Waals surface area contributed by atoms with Gasteiger partial charge < -0.3 is 10.1 Å². The van der Waals surface area contributed by atoms with Crippen molar-refractivity contribution in [3.8, 4) is 0 Å². The van der Waals surface area contributed by atoms with E-state index >= 15 is 0 Å². The summed E-state index contributed by atoms with van der Waals surface area (Å²) < 4.78 is 5.09. The quantitative estimate of drug-likeness (QED) is 0.769. The van der Waals surface area contributed by atoms with E-state index in [9.17, 15) is 4.79 Å². The number of rotatable bonds is 4. The Labute approximate surface area is 105 Å². The zero-order chi connectivity index (χ0) is 13.1. The van der Waals surface area contributed by atoms with Gasteiger partial charge in [0.15, 0.2) is 0 Å². The highest BCUT2D eigenvalue weighted by Crippen LogP contribution is 2.45. The van der Waals surface area contributed by atoms with Gasteiger partial charge in [0.2, 0.25) is 0 Å². The van der Waals surface area contributed by atoms with E-state index in [-0.39, 0.29) is 11.5 Å². The fourth-order valence-corrected chi connectivity index (χ4v) is 3.13. The van der Waals surface area contributed by atoms with Gasteiger partial charge in [0.1, 0.15) is 0 Å². The number of carbonyl (C=O) groups is 1. The maximum Gasteiger partial charge on any atom is 0.307 e. The van der Waals surface area contributed by atoms with Crippen LogP contribution in [0.4, 0.5) is 0 Å². The first-order valence-electron chi connectivity index (χ1n) is 6.70. The highest BCUT2D eigenvalue weighted by Gasteiger charge is 2.44. The summed E-state index contributed by atoms with van der Waals surface area (Å²) in [6.45, 7) is 9.20. The lowest BCUT2D eigenvalue weighted by Gasteiger charge is -2.48. The van der Waals surface area contributed by atoms with Gasteiger partial charge in [-0.3, -0.25) is 4.79 Å². The van der Waals surface area contributed by atoms with Crippen molar-refractivity contribution in [2.75, 3.05) is 13.7 Å². The van der Waals surface area contributed by atoms with E-state index in [0.717, 1.165) is 19.3 Å². The molecule has 2 atom stereocenters. The zero-order valence-corrected chi connectivity index (χ0v) is 11.9. The van der Waals surface area contributed by atoms with E-state index in [0.29, 0.717) is 24.4 Å². The molecule has 100 valence electrons. The Hall–Kier alpha value is -0.570. The molecule has 0 aromatic rings. The van der Waals surface area contributed by atoms with Crippen molar-refractivity contribution < 1.29 is 9.53 Å². The van der Waals surface area contributed by atoms with Crippen molar-refractivity contribution in [1.29, 1.82) is 0 Å². The van der Waals surface area contributed by atoms with Crippen molar-refractivity contribution in [3.05, 3.63) is 0 Å². The van der Waals surface area contributed by atoms with Crippen LogP contribution in [0.15, 0.2) is 0 Å². The molecule has 0 spiro atoms. The maximum atomic E-state index is 11.7. The largest absolute Gasteiger partial charge is 0.466 e. The number of esters is 1. The minimum Gasteiger partial charge on any atom is -0.466 e. The molecule has 0 amide bonds. The fourth-order valence-electron chi connectivity index (χ4n) is 3.13. The fraction of sp³-hybridized carbons (Fsp3) is 0.929. The molecule has 1 aliphatic carbocycles. The minimum atomic E-state index is -0.0755. The molecule has 0 saturated heterocycles. The van der Waals surface area contributed by atoms with Gasteiger partial charge in [-0.25, -0.2) is 0 Å². The average Bonchev–Trinajstić information content (AvgIpc) is 2.22. The van der Waals surface area contributed by atoms with E-state index in [1.54, 1.807) is 0 Å². The molecule has 1 saturated carbocycles. The van der Waals surface area contributed by atoms with Gasteiger partial charge in [-0.05, 0) is 44.6 Å². The van der Waals surface area contributed by atoms with E-state index in [1.807, 2.05) is 14.0 Å². The van der Waals surface area contributed by atoms with Gasteiger partial charge >= 0.3 is 5.97 Å². The van der Waals surface area contributed by atoms with Gasteiger partial charge in [0.05, 0.1) is 13.0 Å². The minimum absolute atomic E-state index is 0.0677. The number of ether oxygens (including phenoxy) is 1. The van der Waals surface area contributed by atoms with Crippen LogP contribution in [0, 0.1) is 11.3 Å². The number of nitrogens with one attached hydrogen (secondary N) is 1. The second-order valence-corrected chi connectivity index (χ2v) is 6.16. The molecular weight excluding hydrogens is 214 g/mol. The first-order valence-corrected chi connectivity index (χ1v) is 6.70. The van der Waals surface area contributed by atoms with Crippen molar-refractivity contribution in [1.82, 2.24) is 5.32 Å². The topological polar surface area (TPSA) is 38.3 Å². The van der Waals surface area contributed by atoms with Gasteiger partial charge in [0.25, 0.3) is 0 Å². The Morgan fingerprint density at radius 3 is 2.53 bits per heavy atom. The van der Waals surface area contributed by atoms with Crippen LogP contribution in [-0.2, 0) is 9.53 Å². The lowest BCUT2D eigenvalue weighted by atomic mass is 9.63. The molecule has 3 heteroatoms. The van der Waals surface area contributed by atoms with E-state index in [1.165, 1.54) is 0 Å². The molecule has 0 bridgehead atoms. The van der Waals surface area contributed by atoms with Gasteiger partial charge in [-0.1, -0.05) is 20.8 Å². The Morgan fingerprint density at radius 2 is 2.06 bits per heavy atom. The van der Waals surface area contributed by atoms with Crippen LogP contribution in [0.1, 0.15) is 53.4 Å². The third kappa shape index (κ3) is 3.44. The molecule has 0 radical (unpaired) electrons. The lowest BCUT2D eigenvalue weighted by molar-refractivity contribution is -0.146. The third-order valence-corrected chi connectivity index (χ3v) is 4.31. The molecule has 0 aliphatic heterocycles. The Kier molecular flexibility index (Phi) is 4.59. The van der Waals surface area contributed by atoms with Crippen LogP contribution >= 0.6 is 0 Å². The Morgan fingerprint density at radius 1 is 1.41 bits per heavy atom. The molecule has 2 unspecified atom stereocenters. The van der Waals surface area contributed by atoms with Crippen LogP contribution in [-0.4, -0.2) is 25.2 Å². The molecular formula is C14H27NO2. The van der Waals surface area contributed by atoms with Crippen LogP contribution in [0.3, 0.4) is 0 Å². The molecule has 1 fully saturated rings. The summed E-state index contributed by atoms with van der Waals surface area (Å²) in [6.07, 6.45) is 3.87. The molecule has 17 heavy (non-hydrogen) atoms. The van der Waals surface area contributed by atoms with Gasteiger partial charge in [-0.2, -0.15) is 0 Å². The summed E-state index contributed by atoms with van der Waals surface area (Å²) in [5.74, 6) is 0.425. The summed E-state index contributed by atoms with van der Waals surface area (Å²) >= 11 is 0. The predicted molar refractivity (Wildman–Crippen MR) is 69.8 cm³/mol. The summed E-state index contributed by atoms with van der Waals surface area (Å²) in [4.78, 5) is 11.7. The SMILES string of the molecule is CCOC(=O)CC1(NC)CCC(C)(C)CC1C. The first kappa shape index (κ1) is 14.5. The number of carbonyl (C=O) groups excluding carboxylic acids is 1. The van der Waals surface area contributed by atoms with E-state index < -0.39 is 0 Å². The van der Waals surface area contributed by atoms with Gasteiger partial charge in [0, 0.05) is 5.54 Å². The van der Waals surface area contributed by atoms with Crippen LogP contribution in [0.25, 0.3) is 0 Å². The second-order valence-electron chi connectivity index (χ2n) is 6.16. The summed E-state index contributed by atoms with van der Waals surface area (Å²) in [7, 11) is 1.97. The predicted octanol–water partition coefficient (Wildman–Crippen LogP) is 2.74. The average molecular weight is 241 g/mol. The smallest absolute Gasteiger partial charge is 0.307 e. The monoisotopic (exact) mass is 241 g/mol. The summed E-state index contributed by atoms with van der Waals surface area (Å²) in [6, 6.07) is 0. The Bertz CT molecular complexity index is 275. The number of hydrogen-bond acceptors (Lipinski definition) is 3. The van der Waals surface area contributed by atoms with Crippen LogP contribution in [0.2, 0.25) is 0 Å². The normalized spacial score (nSPS) is 32.2. The standard InChI is InChI=1S/C14H27NO2/c1-6-17-12(16)10-14(15-5)8-7-13(3,4)9-11(14)2/h11,15H,6-10H2,1-5H3.